The minimum atomic E-state index is -3.66. The minimum absolute atomic E-state index is 0.261. The fourth-order valence-corrected chi connectivity index (χ4v) is 3.14. The van der Waals surface area contributed by atoms with Gasteiger partial charge in [0.1, 0.15) is 24.7 Å². The summed E-state index contributed by atoms with van der Waals surface area (Å²) in [7, 11) is -2.21. The number of carbonyl (C=O) groups excluding carboxylic acids is 1. The molecule has 140 valence electrons. The van der Waals surface area contributed by atoms with Gasteiger partial charge < -0.3 is 14.8 Å². The second kappa shape index (κ2) is 9.10. The summed E-state index contributed by atoms with van der Waals surface area (Å²) >= 11 is 0. The minimum Gasteiger partial charge on any atom is -0.495 e. The summed E-state index contributed by atoms with van der Waals surface area (Å²) in [6.45, 7) is 0.199. The van der Waals surface area contributed by atoms with Crippen LogP contribution in [0.3, 0.4) is 0 Å². The third-order valence-electron chi connectivity index (χ3n) is 3.48. The molecule has 0 aliphatic carbocycles. The topological polar surface area (TPSA) is 84.9 Å². The zero-order chi connectivity index (χ0) is 19.0. The van der Waals surface area contributed by atoms with Gasteiger partial charge in [0, 0.05) is 0 Å². The molecule has 0 fully saturated rings. The Labute approximate surface area is 153 Å². The molecule has 7 nitrogen and oxygen atoms in total. The standard InChI is InChI=1S/C18H22N2O5S/c1-24-17-11-7-6-10-16(17)20(26(2,22)23)14-18(21)19-12-13-25-15-8-4-3-5-9-15/h3-11H,12-14H2,1-2H3,(H,19,21). The lowest BCUT2D eigenvalue weighted by Crippen LogP contribution is -2.41. The van der Waals surface area contributed by atoms with Gasteiger partial charge in [-0.05, 0) is 24.3 Å². The molecule has 2 rings (SSSR count). The molecule has 0 spiro atoms. The van der Waals surface area contributed by atoms with Gasteiger partial charge in [-0.15, -0.1) is 0 Å². The van der Waals surface area contributed by atoms with Crippen LogP contribution in [-0.2, 0) is 14.8 Å². The Balaban J connectivity index is 1.95. The number of hydrogen-bond acceptors (Lipinski definition) is 5. The maximum Gasteiger partial charge on any atom is 0.240 e. The molecule has 1 amide bonds. The number of nitrogens with one attached hydrogen (secondary N) is 1. The largest absolute Gasteiger partial charge is 0.495 e. The molecule has 26 heavy (non-hydrogen) atoms. The van der Waals surface area contributed by atoms with Crippen molar-refractivity contribution in [1.29, 1.82) is 0 Å². The van der Waals surface area contributed by atoms with E-state index in [4.69, 9.17) is 9.47 Å². The van der Waals surface area contributed by atoms with E-state index in [-0.39, 0.29) is 19.7 Å². The van der Waals surface area contributed by atoms with Crippen LogP contribution in [0.5, 0.6) is 11.5 Å². The van der Waals surface area contributed by atoms with Gasteiger partial charge in [-0.3, -0.25) is 9.10 Å². The fourth-order valence-electron chi connectivity index (χ4n) is 2.28. The number of benzene rings is 2. The van der Waals surface area contributed by atoms with Gasteiger partial charge in [-0.1, -0.05) is 30.3 Å². The summed E-state index contributed by atoms with van der Waals surface area (Å²) in [5.74, 6) is 0.643. The first kappa shape index (κ1) is 19.6. The average Bonchev–Trinajstić information content (AvgIpc) is 2.63. The van der Waals surface area contributed by atoms with Crippen molar-refractivity contribution in [2.75, 3.05) is 37.4 Å². The van der Waals surface area contributed by atoms with Crippen LogP contribution in [0.2, 0.25) is 0 Å². The predicted octanol–water partition coefficient (Wildman–Crippen LogP) is 1.66. The van der Waals surface area contributed by atoms with Crippen LogP contribution in [0.1, 0.15) is 0 Å². The third kappa shape index (κ3) is 5.66. The molecule has 0 aromatic heterocycles. The Kier molecular flexibility index (Phi) is 6.85. The number of para-hydroxylation sites is 3. The summed E-state index contributed by atoms with van der Waals surface area (Å²) in [4.78, 5) is 12.2. The first-order valence-electron chi connectivity index (χ1n) is 7.97. The highest BCUT2D eigenvalue weighted by Gasteiger charge is 2.23. The second-order valence-electron chi connectivity index (χ2n) is 5.45. The molecule has 0 unspecified atom stereocenters. The number of rotatable bonds is 9. The van der Waals surface area contributed by atoms with Crippen molar-refractivity contribution in [3.05, 3.63) is 54.6 Å². The Bertz CT molecular complexity index is 824. The third-order valence-corrected chi connectivity index (χ3v) is 4.60. The van der Waals surface area contributed by atoms with Crippen molar-refractivity contribution in [2.24, 2.45) is 0 Å². The number of ether oxygens (including phenoxy) is 2. The van der Waals surface area contributed by atoms with Crippen LogP contribution >= 0.6 is 0 Å². The molecule has 0 saturated heterocycles. The number of carbonyl (C=O) groups is 1. The molecular formula is C18H22N2O5S. The summed E-state index contributed by atoms with van der Waals surface area (Å²) in [5.41, 5.74) is 0.313. The van der Waals surface area contributed by atoms with E-state index in [9.17, 15) is 13.2 Å². The average molecular weight is 378 g/mol. The summed E-state index contributed by atoms with van der Waals surface area (Å²) < 4.78 is 35.9. The Hall–Kier alpha value is -2.74. The van der Waals surface area contributed by atoms with E-state index in [1.807, 2.05) is 30.3 Å². The van der Waals surface area contributed by atoms with E-state index in [0.717, 1.165) is 10.6 Å². The second-order valence-corrected chi connectivity index (χ2v) is 7.36. The molecule has 0 saturated carbocycles. The van der Waals surface area contributed by atoms with E-state index in [2.05, 4.69) is 5.32 Å². The maximum absolute atomic E-state index is 12.2. The van der Waals surface area contributed by atoms with Crippen LogP contribution in [0, 0.1) is 0 Å². The molecule has 0 heterocycles. The Morgan fingerprint density at radius 1 is 1.08 bits per heavy atom. The van der Waals surface area contributed by atoms with Gasteiger partial charge in [0.15, 0.2) is 0 Å². The lowest BCUT2D eigenvalue weighted by atomic mass is 10.3. The van der Waals surface area contributed by atoms with Crippen molar-refractivity contribution in [3.63, 3.8) is 0 Å². The van der Waals surface area contributed by atoms with Crippen LogP contribution in [0.15, 0.2) is 54.6 Å². The lowest BCUT2D eigenvalue weighted by molar-refractivity contribution is -0.119. The molecule has 0 bridgehead atoms. The van der Waals surface area contributed by atoms with Crippen LogP contribution in [0.4, 0.5) is 5.69 Å². The summed E-state index contributed by atoms with van der Waals surface area (Å²) in [6.07, 6.45) is 1.05. The van der Waals surface area contributed by atoms with Crippen molar-refractivity contribution in [2.45, 2.75) is 0 Å². The number of anilines is 1. The molecule has 0 atom stereocenters. The van der Waals surface area contributed by atoms with E-state index in [1.54, 1.807) is 24.3 Å². The molecular weight excluding hydrogens is 356 g/mol. The van der Waals surface area contributed by atoms with E-state index < -0.39 is 15.9 Å². The van der Waals surface area contributed by atoms with Gasteiger partial charge in [0.05, 0.1) is 25.6 Å². The quantitative estimate of drug-likeness (QED) is 0.671. The highest BCUT2D eigenvalue weighted by molar-refractivity contribution is 7.92. The molecule has 1 N–H and O–H groups in total. The number of sulfonamides is 1. The van der Waals surface area contributed by atoms with Crippen LogP contribution in [0.25, 0.3) is 0 Å². The van der Waals surface area contributed by atoms with Gasteiger partial charge in [0.25, 0.3) is 0 Å². The van der Waals surface area contributed by atoms with Crippen molar-refractivity contribution in [3.8, 4) is 11.5 Å². The highest BCUT2D eigenvalue weighted by atomic mass is 32.2. The Morgan fingerprint density at radius 3 is 2.38 bits per heavy atom. The maximum atomic E-state index is 12.2. The van der Waals surface area contributed by atoms with Crippen LogP contribution < -0.4 is 19.1 Å². The molecule has 2 aromatic rings. The lowest BCUT2D eigenvalue weighted by Gasteiger charge is -2.23. The van der Waals surface area contributed by atoms with E-state index in [0.29, 0.717) is 17.2 Å². The number of amides is 1. The fraction of sp³-hybridized carbons (Fsp3) is 0.278. The SMILES string of the molecule is COc1ccccc1N(CC(=O)NCCOc1ccccc1)S(C)(=O)=O. The van der Waals surface area contributed by atoms with Crippen molar-refractivity contribution in [1.82, 2.24) is 5.32 Å². The number of hydrogen-bond donors (Lipinski definition) is 1. The van der Waals surface area contributed by atoms with Gasteiger partial charge in [0.2, 0.25) is 15.9 Å². The first-order valence-corrected chi connectivity index (χ1v) is 9.82. The van der Waals surface area contributed by atoms with Gasteiger partial charge >= 0.3 is 0 Å². The normalized spacial score (nSPS) is 10.8. The van der Waals surface area contributed by atoms with Gasteiger partial charge in [-0.25, -0.2) is 8.42 Å². The van der Waals surface area contributed by atoms with E-state index in [1.165, 1.54) is 7.11 Å². The van der Waals surface area contributed by atoms with Crippen LogP contribution in [-0.4, -0.2) is 47.4 Å². The predicted molar refractivity (Wildman–Crippen MR) is 100 cm³/mol. The highest BCUT2D eigenvalue weighted by Crippen LogP contribution is 2.29. The molecule has 0 radical (unpaired) electrons. The monoisotopic (exact) mass is 378 g/mol. The molecule has 8 heteroatoms. The number of nitrogens with zero attached hydrogens (tertiary/aromatic N) is 1. The summed E-state index contributed by atoms with van der Waals surface area (Å²) in [6, 6.07) is 15.8. The van der Waals surface area contributed by atoms with Gasteiger partial charge in [-0.2, -0.15) is 0 Å². The zero-order valence-corrected chi connectivity index (χ0v) is 15.5. The Morgan fingerprint density at radius 2 is 1.73 bits per heavy atom. The number of methoxy groups -OCH3 is 1. The molecule has 2 aromatic carbocycles. The molecule has 0 aliphatic heterocycles. The molecule has 0 aliphatic rings. The first-order chi connectivity index (χ1) is 12.4. The van der Waals surface area contributed by atoms with Crippen molar-refractivity contribution >= 4 is 21.6 Å². The smallest absolute Gasteiger partial charge is 0.240 e. The van der Waals surface area contributed by atoms with Crippen molar-refractivity contribution < 1.29 is 22.7 Å². The zero-order valence-electron chi connectivity index (χ0n) is 14.7. The van der Waals surface area contributed by atoms with E-state index >= 15 is 0 Å². The summed E-state index contributed by atoms with van der Waals surface area (Å²) in [5, 5.41) is 2.65.